The average Bonchev–Trinajstić information content (AvgIpc) is 0.811. The van der Waals surface area contributed by atoms with E-state index in [2.05, 4.69) is 45.0 Å². The summed E-state index contributed by atoms with van der Waals surface area (Å²) in [6.07, 6.45) is 0. The quantitative estimate of drug-likeness (QED) is 0.454. The summed E-state index contributed by atoms with van der Waals surface area (Å²) in [5.41, 5.74) is 2.28. The molecule has 0 saturated carbocycles. The molecule has 0 atom stereocenters. The van der Waals surface area contributed by atoms with Crippen LogP contribution in [0.1, 0.15) is 0 Å². The number of hydrogen-bond acceptors (Lipinski definition) is 0. The van der Waals surface area contributed by atoms with Crippen LogP contribution in [0.5, 0.6) is 0 Å². The first-order valence-electron chi connectivity index (χ1n) is 0.621. The first-order chi connectivity index (χ1) is 1.73. The fourth-order valence-corrected chi connectivity index (χ4v) is 0. The average molecular weight is 370 g/mol. The van der Waals surface area contributed by atoms with E-state index in [1.54, 1.807) is 0 Å². The van der Waals surface area contributed by atoms with Crippen LogP contribution < -0.4 is 0 Å². The Bertz CT molecular complexity index is 10.8. The second-order valence-corrected chi connectivity index (χ2v) is 24.1. The molecular formula is CH3I2Ru. The summed E-state index contributed by atoms with van der Waals surface area (Å²) in [7, 11) is -0.230. The van der Waals surface area contributed by atoms with Crippen LogP contribution >= 0.6 is 39.5 Å². The van der Waals surface area contributed by atoms with Gasteiger partial charge in [-0.15, -0.1) is 0 Å². The van der Waals surface area contributed by atoms with Crippen LogP contribution in [0.25, 0.3) is 0 Å². The first-order valence-corrected chi connectivity index (χ1v) is 12.7. The van der Waals surface area contributed by atoms with Crippen LogP contribution in [0.4, 0.5) is 0 Å². The molecule has 0 N–H and O–H groups in total. The molecule has 0 rings (SSSR count). The predicted octanol–water partition coefficient (Wildman–Crippen LogP) is 2.35. The third-order valence-corrected chi connectivity index (χ3v) is 0. The van der Waals surface area contributed by atoms with E-state index < -0.39 is 0 Å². The van der Waals surface area contributed by atoms with Crippen LogP contribution in [0.2, 0.25) is 5.52 Å². The Hall–Kier alpha value is 2.08. The third kappa shape index (κ3) is 8.94. The van der Waals surface area contributed by atoms with E-state index in [1.165, 1.54) is 0 Å². The predicted molar refractivity (Wildman–Crippen MR) is 33.9 cm³/mol. The molecule has 0 fully saturated rings. The van der Waals surface area contributed by atoms with Crippen molar-refractivity contribution in [2.24, 2.45) is 0 Å². The topological polar surface area (TPSA) is 0 Å². The molecule has 0 aromatic carbocycles. The maximum absolute atomic E-state index is 2.47. The Balaban J connectivity index is 2.32. The monoisotopic (exact) mass is 371 g/mol. The van der Waals surface area contributed by atoms with Crippen molar-refractivity contribution in [3.8, 4) is 0 Å². The minimum atomic E-state index is -0.230. The summed E-state index contributed by atoms with van der Waals surface area (Å²) >= 11 is 4.95. The van der Waals surface area contributed by atoms with Crippen LogP contribution in [0, 0.1) is 0 Å². The summed E-state index contributed by atoms with van der Waals surface area (Å²) < 4.78 is 0. The van der Waals surface area contributed by atoms with Gasteiger partial charge in [0.25, 0.3) is 0 Å². The Morgan fingerprint density at radius 1 is 1.50 bits per heavy atom. The third-order valence-electron chi connectivity index (χ3n) is 0. The second kappa shape index (κ2) is 3.28. The molecule has 0 aliphatic carbocycles. The van der Waals surface area contributed by atoms with Gasteiger partial charge in [-0.2, -0.15) is 0 Å². The molecule has 4 heavy (non-hydrogen) atoms. The zero-order valence-electron chi connectivity index (χ0n) is 2.11. The van der Waals surface area contributed by atoms with E-state index in [1.807, 2.05) is 0 Å². The zero-order chi connectivity index (χ0) is 3.58. The minimum absolute atomic E-state index is 0.230. The van der Waals surface area contributed by atoms with Gasteiger partial charge in [-0.05, 0) is 0 Å². The molecule has 0 unspecified atom stereocenters. The molecule has 0 aliphatic heterocycles. The van der Waals surface area contributed by atoms with Crippen LogP contribution in [-0.4, -0.2) is 0 Å². The fraction of sp³-hybridized carbons (Fsp3) is 1.00. The van der Waals surface area contributed by atoms with Gasteiger partial charge < -0.3 is 0 Å². The Labute approximate surface area is 53.0 Å². The van der Waals surface area contributed by atoms with Gasteiger partial charge in [-0.1, -0.05) is 0 Å². The van der Waals surface area contributed by atoms with Crippen molar-refractivity contribution < 1.29 is 8.92 Å². The van der Waals surface area contributed by atoms with E-state index in [0.29, 0.717) is 0 Å². The SMILES string of the molecule is [CH3][Ru]([I])[I]. The van der Waals surface area contributed by atoms with Gasteiger partial charge >= 0.3 is 53.9 Å². The maximum atomic E-state index is 2.47. The van der Waals surface area contributed by atoms with E-state index >= 15 is 0 Å². The summed E-state index contributed by atoms with van der Waals surface area (Å²) in [6, 6.07) is 0. The second-order valence-electron chi connectivity index (χ2n) is 0.318. The molecule has 0 radical (unpaired) electrons. The van der Waals surface area contributed by atoms with Gasteiger partial charge in [0.05, 0.1) is 0 Å². The standard InChI is InChI=1S/CH3.2HI.Ru/h1H3;2*1H;/q;;;+2/p-2. The van der Waals surface area contributed by atoms with E-state index in [9.17, 15) is 0 Å². The van der Waals surface area contributed by atoms with Crippen molar-refractivity contribution in [1.29, 1.82) is 0 Å². The molecule has 0 bridgehead atoms. The Kier molecular flexibility index (Phi) is 4.99. The van der Waals surface area contributed by atoms with Crippen molar-refractivity contribution in [2.45, 2.75) is 5.52 Å². The van der Waals surface area contributed by atoms with Gasteiger partial charge in [0.2, 0.25) is 0 Å². The van der Waals surface area contributed by atoms with Crippen LogP contribution in [-0.2, 0) is 8.92 Å². The molecule has 0 amide bonds. The molecule has 0 saturated heterocycles. The summed E-state index contributed by atoms with van der Waals surface area (Å²) in [5, 5.41) is 0. The van der Waals surface area contributed by atoms with Gasteiger partial charge in [0.1, 0.15) is 0 Å². The summed E-state index contributed by atoms with van der Waals surface area (Å²) in [4.78, 5) is 0. The van der Waals surface area contributed by atoms with Crippen LogP contribution in [0.3, 0.4) is 0 Å². The molecule has 3 heteroatoms. The van der Waals surface area contributed by atoms with E-state index in [-0.39, 0.29) is 8.92 Å². The number of hydrogen-bond donors (Lipinski definition) is 0. The normalized spacial score (nSPS) is 11.2. The molecule has 0 heterocycles. The number of rotatable bonds is 0. The van der Waals surface area contributed by atoms with Crippen LogP contribution in [0.15, 0.2) is 0 Å². The van der Waals surface area contributed by atoms with E-state index in [0.717, 1.165) is 0 Å². The molecule has 29 valence electrons. The molecule has 0 aromatic rings. The van der Waals surface area contributed by atoms with E-state index in [4.69, 9.17) is 0 Å². The van der Waals surface area contributed by atoms with Gasteiger partial charge in [-0.25, -0.2) is 0 Å². The molecule has 0 aromatic heterocycles. The first kappa shape index (κ1) is 6.08. The zero-order valence-corrected chi connectivity index (χ0v) is 8.16. The van der Waals surface area contributed by atoms with Crippen molar-refractivity contribution in [3.63, 3.8) is 0 Å². The summed E-state index contributed by atoms with van der Waals surface area (Å²) in [6.45, 7) is 0. The molecule has 0 spiro atoms. The molecular weight excluding hydrogens is 367 g/mol. The van der Waals surface area contributed by atoms with Gasteiger partial charge in [0, 0.05) is 0 Å². The molecule has 0 nitrogen and oxygen atoms in total. The van der Waals surface area contributed by atoms with Crippen molar-refractivity contribution in [1.82, 2.24) is 0 Å². The van der Waals surface area contributed by atoms with Gasteiger partial charge in [0.15, 0.2) is 0 Å². The van der Waals surface area contributed by atoms with Crippen molar-refractivity contribution in [3.05, 3.63) is 0 Å². The summed E-state index contributed by atoms with van der Waals surface area (Å²) in [5.74, 6) is 0. The molecule has 0 aliphatic rings. The van der Waals surface area contributed by atoms with Crippen molar-refractivity contribution >= 4 is 39.5 Å². The van der Waals surface area contributed by atoms with Gasteiger partial charge in [-0.3, -0.25) is 0 Å². The Morgan fingerprint density at radius 3 is 1.50 bits per heavy atom. The van der Waals surface area contributed by atoms with Crippen molar-refractivity contribution in [2.75, 3.05) is 0 Å². The fourth-order valence-electron chi connectivity index (χ4n) is 0. The number of halogens is 2. The Morgan fingerprint density at radius 2 is 1.50 bits per heavy atom.